The van der Waals surface area contributed by atoms with Crippen LogP contribution in [-0.2, 0) is 4.79 Å². The molecule has 0 saturated carbocycles. The molecule has 1 aromatic heterocycles. The lowest BCUT2D eigenvalue weighted by Gasteiger charge is -2.14. The Hall–Kier alpha value is -1.52. The van der Waals surface area contributed by atoms with E-state index < -0.39 is 12.0 Å². The molecule has 1 aromatic rings. The number of rotatable bonds is 4. The van der Waals surface area contributed by atoms with E-state index in [4.69, 9.17) is 10.2 Å². The highest BCUT2D eigenvalue weighted by Crippen LogP contribution is 2.19. The third-order valence-electron chi connectivity index (χ3n) is 1.89. The number of nitrogens with zero attached hydrogens (tertiary/aromatic N) is 2. The number of hydrogen-bond acceptors (Lipinski definition) is 3. The van der Waals surface area contributed by atoms with Crippen molar-refractivity contribution in [2.45, 2.75) is 26.3 Å². The lowest BCUT2D eigenvalue weighted by atomic mass is 10.0. The van der Waals surface area contributed by atoms with Crippen LogP contribution in [0, 0.1) is 5.92 Å². The summed E-state index contributed by atoms with van der Waals surface area (Å²) in [5.74, 6) is -0.677. The van der Waals surface area contributed by atoms with Crippen LogP contribution in [0.3, 0.4) is 0 Å². The summed E-state index contributed by atoms with van der Waals surface area (Å²) >= 11 is 0. The number of aromatic hydroxyl groups is 1. The van der Waals surface area contributed by atoms with Crippen molar-refractivity contribution in [2.75, 3.05) is 0 Å². The predicted octanol–water partition coefficient (Wildman–Crippen LogP) is 1.26. The molecule has 0 aliphatic carbocycles. The molecule has 78 valence electrons. The molecule has 0 unspecified atom stereocenters. The van der Waals surface area contributed by atoms with E-state index in [0.717, 1.165) is 0 Å². The van der Waals surface area contributed by atoms with Crippen LogP contribution in [0.4, 0.5) is 0 Å². The number of carboxylic acid groups (broad SMARTS) is 1. The van der Waals surface area contributed by atoms with Crippen molar-refractivity contribution in [3.05, 3.63) is 12.4 Å². The molecule has 1 rings (SSSR count). The molecule has 0 amide bonds. The molecule has 0 aromatic carbocycles. The number of aromatic nitrogens is 2. The number of hydrogen-bond donors (Lipinski definition) is 2. The van der Waals surface area contributed by atoms with Gasteiger partial charge in [-0.3, -0.25) is 4.68 Å². The van der Waals surface area contributed by atoms with E-state index in [1.54, 1.807) is 0 Å². The zero-order valence-corrected chi connectivity index (χ0v) is 8.21. The van der Waals surface area contributed by atoms with E-state index >= 15 is 0 Å². The summed E-state index contributed by atoms with van der Waals surface area (Å²) < 4.78 is 1.28. The first-order chi connectivity index (χ1) is 6.50. The molecule has 0 saturated heterocycles. The summed E-state index contributed by atoms with van der Waals surface area (Å²) in [4.78, 5) is 10.9. The first-order valence-corrected chi connectivity index (χ1v) is 4.46. The van der Waals surface area contributed by atoms with Crippen LogP contribution in [0.1, 0.15) is 26.3 Å². The Balaban J connectivity index is 2.83. The average molecular weight is 198 g/mol. The van der Waals surface area contributed by atoms with Gasteiger partial charge in [0.25, 0.3) is 0 Å². The minimum absolute atomic E-state index is 0.0139. The zero-order valence-electron chi connectivity index (χ0n) is 8.21. The van der Waals surface area contributed by atoms with E-state index in [1.165, 1.54) is 17.1 Å². The van der Waals surface area contributed by atoms with Gasteiger partial charge in [0.1, 0.15) is 6.04 Å². The van der Waals surface area contributed by atoms with Crippen LogP contribution in [0.5, 0.6) is 5.75 Å². The summed E-state index contributed by atoms with van der Waals surface area (Å²) in [5, 5.41) is 21.8. The van der Waals surface area contributed by atoms with Crippen LogP contribution in [-0.4, -0.2) is 26.0 Å². The van der Waals surface area contributed by atoms with Gasteiger partial charge in [-0.25, -0.2) is 4.79 Å². The van der Waals surface area contributed by atoms with Gasteiger partial charge >= 0.3 is 5.97 Å². The zero-order chi connectivity index (χ0) is 10.7. The molecule has 5 heteroatoms. The van der Waals surface area contributed by atoms with Crippen molar-refractivity contribution < 1.29 is 15.0 Å². The molecule has 1 heterocycles. The monoisotopic (exact) mass is 198 g/mol. The molecule has 1 atom stereocenters. The molecule has 0 radical (unpaired) electrons. The van der Waals surface area contributed by atoms with Crippen molar-refractivity contribution in [3.63, 3.8) is 0 Å². The summed E-state index contributed by atoms with van der Waals surface area (Å²) in [7, 11) is 0. The van der Waals surface area contributed by atoms with Crippen molar-refractivity contribution in [1.29, 1.82) is 0 Å². The van der Waals surface area contributed by atoms with Gasteiger partial charge in [0.15, 0.2) is 5.75 Å². The van der Waals surface area contributed by atoms with Crippen LogP contribution >= 0.6 is 0 Å². The normalized spacial score (nSPS) is 13.1. The summed E-state index contributed by atoms with van der Waals surface area (Å²) in [6.07, 6.45) is 3.05. The average Bonchev–Trinajstić information content (AvgIpc) is 2.46. The summed E-state index contributed by atoms with van der Waals surface area (Å²) in [5.41, 5.74) is 0. The fraction of sp³-hybridized carbons (Fsp3) is 0.556. The van der Waals surface area contributed by atoms with Crippen LogP contribution in [0.15, 0.2) is 12.4 Å². The molecule has 0 spiro atoms. The maximum absolute atomic E-state index is 10.9. The standard InChI is InChI=1S/C9H14N2O3/c1-6(2)3-8(9(13)14)11-5-7(12)4-10-11/h4-6,8,12H,3H2,1-2H3,(H,13,14)/t8-/m1/s1. The van der Waals surface area contributed by atoms with Gasteiger partial charge in [-0.1, -0.05) is 13.8 Å². The van der Waals surface area contributed by atoms with Gasteiger partial charge in [0.05, 0.1) is 12.4 Å². The van der Waals surface area contributed by atoms with E-state index in [2.05, 4.69) is 5.10 Å². The van der Waals surface area contributed by atoms with Gasteiger partial charge in [0, 0.05) is 0 Å². The molecule has 2 N–H and O–H groups in total. The Labute approximate surface area is 82.0 Å². The van der Waals surface area contributed by atoms with Crippen LogP contribution < -0.4 is 0 Å². The van der Waals surface area contributed by atoms with Gasteiger partial charge in [-0.15, -0.1) is 0 Å². The molecular weight excluding hydrogens is 184 g/mol. The maximum atomic E-state index is 10.9. The van der Waals surface area contributed by atoms with E-state index in [1.807, 2.05) is 13.8 Å². The Bertz CT molecular complexity index is 320. The molecule has 0 aliphatic rings. The van der Waals surface area contributed by atoms with Gasteiger partial charge in [0.2, 0.25) is 0 Å². The van der Waals surface area contributed by atoms with Gasteiger partial charge in [-0.2, -0.15) is 5.10 Å². The number of carboxylic acids is 1. The maximum Gasteiger partial charge on any atom is 0.328 e. The Kier molecular flexibility index (Phi) is 3.11. The minimum Gasteiger partial charge on any atom is -0.505 e. The van der Waals surface area contributed by atoms with Crippen LogP contribution in [0.2, 0.25) is 0 Å². The van der Waals surface area contributed by atoms with Crippen molar-refractivity contribution >= 4 is 5.97 Å². The Morgan fingerprint density at radius 3 is 2.64 bits per heavy atom. The summed E-state index contributed by atoms with van der Waals surface area (Å²) in [6, 6.07) is -0.698. The van der Waals surface area contributed by atoms with Crippen molar-refractivity contribution in [3.8, 4) is 5.75 Å². The highest BCUT2D eigenvalue weighted by molar-refractivity contribution is 5.71. The smallest absolute Gasteiger partial charge is 0.328 e. The molecule has 0 bridgehead atoms. The van der Waals surface area contributed by atoms with Gasteiger partial charge < -0.3 is 10.2 Å². The molecule has 0 aliphatic heterocycles. The fourth-order valence-corrected chi connectivity index (χ4v) is 1.27. The Morgan fingerprint density at radius 2 is 2.29 bits per heavy atom. The van der Waals surface area contributed by atoms with Crippen molar-refractivity contribution in [1.82, 2.24) is 9.78 Å². The number of carbonyl (C=O) groups is 1. The lowest BCUT2D eigenvalue weighted by Crippen LogP contribution is -2.21. The molecular formula is C9H14N2O3. The second kappa shape index (κ2) is 4.13. The number of aliphatic carboxylic acids is 1. The Morgan fingerprint density at radius 1 is 1.64 bits per heavy atom. The quantitative estimate of drug-likeness (QED) is 0.763. The van der Waals surface area contributed by atoms with E-state index in [-0.39, 0.29) is 11.7 Å². The van der Waals surface area contributed by atoms with Crippen molar-refractivity contribution in [2.24, 2.45) is 5.92 Å². The third-order valence-corrected chi connectivity index (χ3v) is 1.89. The first-order valence-electron chi connectivity index (χ1n) is 4.46. The largest absolute Gasteiger partial charge is 0.505 e. The van der Waals surface area contributed by atoms with E-state index in [0.29, 0.717) is 6.42 Å². The minimum atomic E-state index is -0.929. The topological polar surface area (TPSA) is 75.3 Å². The SMILES string of the molecule is CC(C)C[C@H](C(=O)O)n1cc(O)cn1. The second-order valence-electron chi connectivity index (χ2n) is 3.66. The molecule has 0 fully saturated rings. The molecule has 14 heavy (non-hydrogen) atoms. The summed E-state index contributed by atoms with van der Waals surface area (Å²) in [6.45, 7) is 3.89. The highest BCUT2D eigenvalue weighted by Gasteiger charge is 2.21. The first kappa shape index (κ1) is 10.6. The van der Waals surface area contributed by atoms with Crippen LogP contribution in [0.25, 0.3) is 0 Å². The third kappa shape index (κ3) is 2.48. The second-order valence-corrected chi connectivity index (χ2v) is 3.66. The molecule has 5 nitrogen and oxygen atoms in total. The fourth-order valence-electron chi connectivity index (χ4n) is 1.27. The van der Waals surface area contributed by atoms with E-state index in [9.17, 15) is 4.79 Å². The predicted molar refractivity (Wildman–Crippen MR) is 50.0 cm³/mol. The lowest BCUT2D eigenvalue weighted by molar-refractivity contribution is -0.141. The highest BCUT2D eigenvalue weighted by atomic mass is 16.4. The van der Waals surface area contributed by atoms with Gasteiger partial charge in [-0.05, 0) is 12.3 Å².